The molecule has 40 heavy (non-hydrogen) atoms. The molecule has 2 N–H and O–H groups in total. The first-order valence-electron chi connectivity index (χ1n) is 12.3. The second kappa shape index (κ2) is 10.3. The van der Waals surface area contributed by atoms with Gasteiger partial charge in [0.2, 0.25) is 0 Å². The molecule has 198 valence electrons. The van der Waals surface area contributed by atoms with Crippen molar-refractivity contribution >= 4 is 28.3 Å². The highest BCUT2D eigenvalue weighted by atomic mass is 19.1. The molecule has 0 aliphatic carbocycles. The summed E-state index contributed by atoms with van der Waals surface area (Å²) in [6.45, 7) is 1.92. The van der Waals surface area contributed by atoms with Gasteiger partial charge in [0.25, 0.3) is 0 Å². The molecule has 0 radical (unpaired) electrons. The summed E-state index contributed by atoms with van der Waals surface area (Å²) in [4.78, 5) is 25.8. The van der Waals surface area contributed by atoms with Gasteiger partial charge in [0.05, 0.1) is 23.1 Å². The largest absolute Gasteiger partial charge is 0.454 e. The summed E-state index contributed by atoms with van der Waals surface area (Å²) in [6, 6.07) is 16.2. The number of fused-ring (bicyclic) bond motifs is 1. The topological polar surface area (TPSA) is 112 Å². The Labute approximate surface area is 228 Å². The van der Waals surface area contributed by atoms with Crippen LogP contribution in [0.1, 0.15) is 5.69 Å². The fourth-order valence-corrected chi connectivity index (χ4v) is 4.15. The number of rotatable bonds is 6. The first-order valence-corrected chi connectivity index (χ1v) is 12.3. The van der Waals surface area contributed by atoms with Crippen LogP contribution < -0.4 is 15.4 Å². The number of aryl methyl sites for hydroxylation is 2. The van der Waals surface area contributed by atoms with Crippen molar-refractivity contribution in [2.75, 3.05) is 10.6 Å². The summed E-state index contributed by atoms with van der Waals surface area (Å²) in [5, 5.41) is 10.4. The van der Waals surface area contributed by atoms with Crippen LogP contribution in [0.25, 0.3) is 28.0 Å². The highest BCUT2D eigenvalue weighted by Gasteiger charge is 2.11. The second-order valence-electron chi connectivity index (χ2n) is 9.11. The van der Waals surface area contributed by atoms with E-state index in [0.29, 0.717) is 17.1 Å². The van der Waals surface area contributed by atoms with Crippen LogP contribution in [0.2, 0.25) is 0 Å². The number of aromatic nitrogens is 6. The zero-order valence-corrected chi connectivity index (χ0v) is 21.5. The van der Waals surface area contributed by atoms with Crippen LogP contribution in [0.3, 0.4) is 0 Å². The standard InChI is InChI=1S/C29H23FN8O2/c1-18-15-38(17-32-18)28-8-3-19-11-21(4-6-25(19)36-28)34-29(39)35-22-5-7-27(24(30)12-22)40-23-9-10-31-26(13-23)20-14-33-37(2)16-20/h3-17H,1-2H3,(H2,34,35,39). The third kappa shape index (κ3) is 5.34. The molecule has 2 aromatic carbocycles. The molecule has 0 aliphatic heterocycles. The third-order valence-electron chi connectivity index (χ3n) is 6.06. The molecule has 0 saturated heterocycles. The molecule has 4 heterocycles. The average Bonchev–Trinajstić information content (AvgIpc) is 3.58. The molecule has 6 aromatic rings. The number of urea groups is 1. The molecular formula is C29H23FN8O2. The Morgan fingerprint density at radius 2 is 1.77 bits per heavy atom. The van der Waals surface area contributed by atoms with Crippen LogP contribution >= 0.6 is 0 Å². The number of carbonyl (C=O) groups is 1. The van der Waals surface area contributed by atoms with Gasteiger partial charge in [-0.2, -0.15) is 5.10 Å². The molecule has 0 bridgehead atoms. The summed E-state index contributed by atoms with van der Waals surface area (Å²) in [7, 11) is 1.81. The molecule has 0 unspecified atom stereocenters. The summed E-state index contributed by atoms with van der Waals surface area (Å²) in [5.74, 6) is 0.558. The first-order chi connectivity index (χ1) is 19.4. The number of hydrogen-bond donors (Lipinski definition) is 2. The van der Waals surface area contributed by atoms with Crippen molar-refractivity contribution in [3.63, 3.8) is 0 Å². The Balaban J connectivity index is 1.11. The normalized spacial score (nSPS) is 11.0. The summed E-state index contributed by atoms with van der Waals surface area (Å²) in [5.41, 5.74) is 3.99. The lowest BCUT2D eigenvalue weighted by molar-refractivity contribution is 0.262. The van der Waals surface area contributed by atoms with Crippen molar-refractivity contribution in [2.24, 2.45) is 7.05 Å². The van der Waals surface area contributed by atoms with Gasteiger partial charge in [0.1, 0.15) is 17.9 Å². The Morgan fingerprint density at radius 3 is 2.52 bits per heavy atom. The molecule has 2 amide bonds. The number of halogens is 1. The van der Waals surface area contributed by atoms with E-state index in [2.05, 4.69) is 30.7 Å². The van der Waals surface area contributed by atoms with E-state index >= 15 is 0 Å². The monoisotopic (exact) mass is 534 g/mol. The van der Waals surface area contributed by atoms with Gasteiger partial charge in [-0.25, -0.2) is 19.2 Å². The molecule has 6 rings (SSSR count). The third-order valence-corrected chi connectivity index (χ3v) is 6.06. The van der Waals surface area contributed by atoms with Crippen molar-refractivity contribution in [1.82, 2.24) is 29.3 Å². The van der Waals surface area contributed by atoms with E-state index in [1.165, 1.54) is 12.1 Å². The highest BCUT2D eigenvalue weighted by molar-refractivity contribution is 6.01. The Hall–Kier alpha value is -5.58. The van der Waals surface area contributed by atoms with Crippen molar-refractivity contribution in [3.8, 4) is 28.6 Å². The van der Waals surface area contributed by atoms with Crippen LogP contribution in [-0.2, 0) is 7.05 Å². The van der Waals surface area contributed by atoms with Gasteiger partial charge in [0.15, 0.2) is 11.6 Å². The Bertz CT molecular complexity index is 1860. The number of pyridine rings is 2. The van der Waals surface area contributed by atoms with E-state index < -0.39 is 11.8 Å². The van der Waals surface area contributed by atoms with Crippen LogP contribution in [0.4, 0.5) is 20.6 Å². The maximum absolute atomic E-state index is 14.8. The minimum atomic E-state index is -0.627. The number of nitrogens with zero attached hydrogens (tertiary/aromatic N) is 6. The van der Waals surface area contributed by atoms with Gasteiger partial charge in [0, 0.05) is 60.1 Å². The maximum atomic E-state index is 14.8. The molecule has 0 spiro atoms. The SMILES string of the molecule is Cc1cn(-c2ccc3cc(NC(=O)Nc4ccc(Oc5ccnc(-c6cnn(C)c6)c5)c(F)c4)ccc3n2)cn1. The molecule has 10 nitrogen and oxygen atoms in total. The van der Waals surface area contributed by atoms with Crippen molar-refractivity contribution < 1.29 is 13.9 Å². The van der Waals surface area contributed by atoms with Crippen molar-refractivity contribution in [1.29, 1.82) is 0 Å². The molecule has 0 atom stereocenters. The van der Waals surface area contributed by atoms with Crippen LogP contribution in [0.15, 0.2) is 91.8 Å². The number of hydrogen-bond acceptors (Lipinski definition) is 6. The quantitative estimate of drug-likeness (QED) is 0.267. The van der Waals surface area contributed by atoms with Crippen LogP contribution in [-0.4, -0.2) is 35.3 Å². The molecule has 0 aliphatic rings. The van der Waals surface area contributed by atoms with Crippen LogP contribution in [0, 0.1) is 12.7 Å². The van der Waals surface area contributed by atoms with Gasteiger partial charge in [-0.15, -0.1) is 0 Å². The van der Waals surface area contributed by atoms with Gasteiger partial charge >= 0.3 is 6.03 Å². The summed E-state index contributed by atoms with van der Waals surface area (Å²) >= 11 is 0. The molecule has 0 fully saturated rings. The molecule has 0 saturated carbocycles. The van der Waals surface area contributed by atoms with E-state index in [0.717, 1.165) is 28.0 Å². The predicted octanol–water partition coefficient (Wildman–Crippen LogP) is 6.10. The van der Waals surface area contributed by atoms with Crippen molar-refractivity contribution in [3.05, 3.63) is 103 Å². The summed E-state index contributed by atoms with van der Waals surface area (Å²) < 4.78 is 24.1. The zero-order chi connectivity index (χ0) is 27.6. The zero-order valence-electron chi connectivity index (χ0n) is 21.5. The Morgan fingerprint density at radius 1 is 0.950 bits per heavy atom. The number of nitrogens with one attached hydrogen (secondary N) is 2. The highest BCUT2D eigenvalue weighted by Crippen LogP contribution is 2.29. The van der Waals surface area contributed by atoms with Crippen LogP contribution in [0.5, 0.6) is 11.5 Å². The minimum Gasteiger partial charge on any atom is -0.454 e. The average molecular weight is 535 g/mol. The lowest BCUT2D eigenvalue weighted by atomic mass is 10.2. The van der Waals surface area contributed by atoms with Gasteiger partial charge in [-0.05, 0) is 55.5 Å². The Kier molecular flexibility index (Phi) is 6.37. The molecule has 11 heteroatoms. The molecular weight excluding hydrogens is 511 g/mol. The second-order valence-corrected chi connectivity index (χ2v) is 9.11. The first kappa shape index (κ1) is 24.7. The van der Waals surface area contributed by atoms with E-state index in [4.69, 9.17) is 4.74 Å². The molecule has 4 aromatic heterocycles. The summed E-state index contributed by atoms with van der Waals surface area (Å²) in [6.07, 6.45) is 8.70. The fraction of sp³-hybridized carbons (Fsp3) is 0.0690. The smallest absolute Gasteiger partial charge is 0.323 e. The number of benzene rings is 2. The van der Waals surface area contributed by atoms with E-state index in [-0.39, 0.29) is 11.4 Å². The van der Waals surface area contributed by atoms with E-state index in [1.54, 1.807) is 47.7 Å². The van der Waals surface area contributed by atoms with Gasteiger partial charge in [-0.1, -0.05) is 0 Å². The maximum Gasteiger partial charge on any atom is 0.323 e. The minimum absolute atomic E-state index is 0.0153. The fourth-order valence-electron chi connectivity index (χ4n) is 4.15. The predicted molar refractivity (Wildman–Crippen MR) is 149 cm³/mol. The lowest BCUT2D eigenvalue weighted by Gasteiger charge is -2.11. The van der Waals surface area contributed by atoms with Crippen molar-refractivity contribution in [2.45, 2.75) is 6.92 Å². The number of amides is 2. The number of imidazole rings is 1. The van der Waals surface area contributed by atoms with Gasteiger partial charge < -0.3 is 15.4 Å². The number of anilines is 2. The lowest BCUT2D eigenvalue weighted by Crippen LogP contribution is -2.19. The van der Waals surface area contributed by atoms with Gasteiger partial charge in [-0.3, -0.25) is 14.2 Å². The van der Waals surface area contributed by atoms with E-state index in [1.807, 2.05) is 55.2 Å². The van der Waals surface area contributed by atoms with E-state index in [9.17, 15) is 9.18 Å². The number of ether oxygens (including phenoxy) is 1. The number of carbonyl (C=O) groups excluding carboxylic acids is 1.